The van der Waals surface area contributed by atoms with Gasteiger partial charge in [0.2, 0.25) is 5.16 Å². The predicted octanol–water partition coefficient (Wildman–Crippen LogP) is 1.52. The summed E-state index contributed by atoms with van der Waals surface area (Å²) in [6.07, 6.45) is 0.534. The van der Waals surface area contributed by atoms with Crippen molar-refractivity contribution in [1.29, 1.82) is 0 Å². The number of aryl methyl sites for hydroxylation is 2. The van der Waals surface area contributed by atoms with Crippen molar-refractivity contribution in [2.24, 2.45) is 0 Å². The fourth-order valence-corrected chi connectivity index (χ4v) is 2.58. The molecular weight excluding hydrogens is 260 g/mol. The minimum atomic E-state index is -0.273. The fourth-order valence-electron chi connectivity index (χ4n) is 1.65. The molecule has 6 heteroatoms. The lowest BCUT2D eigenvalue weighted by molar-refractivity contribution is 0.668. The monoisotopic (exact) mass is 276 g/mol. The van der Waals surface area contributed by atoms with Crippen LogP contribution in [-0.2, 0) is 12.2 Å². The molecule has 0 aliphatic carbocycles. The molecule has 2 rings (SSSR count). The van der Waals surface area contributed by atoms with Gasteiger partial charge in [0.05, 0.1) is 0 Å². The molecule has 100 valence electrons. The van der Waals surface area contributed by atoms with Gasteiger partial charge in [-0.05, 0) is 24.5 Å². The predicted molar refractivity (Wildman–Crippen MR) is 76.6 cm³/mol. The van der Waals surface area contributed by atoms with Crippen molar-refractivity contribution >= 4 is 11.8 Å². The number of rotatable bonds is 4. The normalized spacial score (nSPS) is 10.6. The smallest absolute Gasteiger partial charge is 0.294 e. The average Bonchev–Trinajstić information content (AvgIpc) is 2.42. The summed E-state index contributed by atoms with van der Waals surface area (Å²) in [5.41, 5.74) is 2.52. The van der Waals surface area contributed by atoms with Crippen molar-refractivity contribution in [3.05, 3.63) is 51.4 Å². The Balaban J connectivity index is 2.19. The quantitative estimate of drug-likeness (QED) is 0.677. The molecule has 0 amide bonds. The largest absolute Gasteiger partial charge is 0.334 e. The highest BCUT2D eigenvalue weighted by atomic mass is 32.2. The molecule has 0 spiro atoms. The number of nitrogen functional groups attached to an aromatic ring is 1. The second-order valence-electron chi connectivity index (χ2n) is 4.17. The van der Waals surface area contributed by atoms with E-state index in [-0.39, 0.29) is 5.56 Å². The standard InChI is InChI=1S/C13H16N4OS/c1-3-11-12(18)17(14)13(16-15-11)19-8-10-7-5-4-6-9(10)2/h4-7H,3,8,14H2,1-2H3. The van der Waals surface area contributed by atoms with E-state index in [1.165, 1.54) is 22.9 Å². The first-order valence-corrected chi connectivity index (χ1v) is 7.03. The van der Waals surface area contributed by atoms with Crippen molar-refractivity contribution in [2.75, 3.05) is 5.84 Å². The molecule has 0 bridgehead atoms. The van der Waals surface area contributed by atoms with Crippen LogP contribution in [0.25, 0.3) is 0 Å². The van der Waals surface area contributed by atoms with E-state index in [9.17, 15) is 4.79 Å². The van der Waals surface area contributed by atoms with Crippen molar-refractivity contribution in [3.63, 3.8) is 0 Å². The Morgan fingerprint density at radius 1 is 1.32 bits per heavy atom. The van der Waals surface area contributed by atoms with E-state index in [1.54, 1.807) is 0 Å². The van der Waals surface area contributed by atoms with E-state index >= 15 is 0 Å². The summed E-state index contributed by atoms with van der Waals surface area (Å²) in [4.78, 5) is 11.8. The van der Waals surface area contributed by atoms with Gasteiger partial charge in [-0.3, -0.25) is 4.79 Å². The van der Waals surface area contributed by atoms with E-state index in [4.69, 9.17) is 5.84 Å². The van der Waals surface area contributed by atoms with Crippen molar-refractivity contribution in [3.8, 4) is 0 Å². The Labute approximate surface area is 115 Å². The van der Waals surface area contributed by atoms with Crippen LogP contribution in [-0.4, -0.2) is 14.9 Å². The highest BCUT2D eigenvalue weighted by Crippen LogP contribution is 2.20. The maximum atomic E-state index is 11.8. The summed E-state index contributed by atoms with van der Waals surface area (Å²) in [5.74, 6) is 6.45. The summed E-state index contributed by atoms with van der Waals surface area (Å²) in [6.45, 7) is 3.91. The van der Waals surface area contributed by atoms with Crippen LogP contribution in [0.4, 0.5) is 0 Å². The zero-order valence-corrected chi connectivity index (χ0v) is 11.8. The van der Waals surface area contributed by atoms with Crippen LogP contribution in [0, 0.1) is 6.92 Å². The second kappa shape index (κ2) is 5.88. The zero-order valence-electron chi connectivity index (χ0n) is 11.0. The Hall–Kier alpha value is -1.82. The third kappa shape index (κ3) is 2.96. The Morgan fingerprint density at radius 2 is 2.05 bits per heavy atom. The van der Waals surface area contributed by atoms with E-state index in [0.717, 1.165) is 4.68 Å². The number of aromatic nitrogens is 3. The van der Waals surface area contributed by atoms with Gasteiger partial charge >= 0.3 is 0 Å². The van der Waals surface area contributed by atoms with E-state index in [2.05, 4.69) is 29.3 Å². The van der Waals surface area contributed by atoms with Crippen LogP contribution in [0.15, 0.2) is 34.2 Å². The van der Waals surface area contributed by atoms with Crippen molar-refractivity contribution in [1.82, 2.24) is 14.9 Å². The van der Waals surface area contributed by atoms with Gasteiger partial charge in [-0.2, -0.15) is 4.68 Å². The number of hydrogen-bond donors (Lipinski definition) is 1. The Morgan fingerprint density at radius 3 is 2.74 bits per heavy atom. The third-order valence-corrected chi connectivity index (χ3v) is 3.87. The lowest BCUT2D eigenvalue weighted by Crippen LogP contribution is -2.33. The van der Waals surface area contributed by atoms with Gasteiger partial charge in [0.1, 0.15) is 5.69 Å². The first-order chi connectivity index (χ1) is 9.13. The molecule has 1 aromatic heterocycles. The van der Waals surface area contributed by atoms with Gasteiger partial charge in [0.15, 0.2) is 0 Å². The molecule has 0 aliphatic heterocycles. The average molecular weight is 276 g/mol. The molecule has 1 aromatic carbocycles. The van der Waals surface area contributed by atoms with Crippen LogP contribution in [0.5, 0.6) is 0 Å². The first kappa shape index (κ1) is 13.6. The van der Waals surface area contributed by atoms with Crippen LogP contribution >= 0.6 is 11.8 Å². The SMILES string of the molecule is CCc1nnc(SCc2ccccc2C)n(N)c1=O. The molecule has 0 atom stereocenters. The Bertz CT molecular complexity index is 639. The number of hydrogen-bond acceptors (Lipinski definition) is 5. The van der Waals surface area contributed by atoms with Crippen LogP contribution < -0.4 is 11.4 Å². The molecule has 5 nitrogen and oxygen atoms in total. The molecule has 0 aliphatic rings. The summed E-state index contributed by atoms with van der Waals surface area (Å²) in [6, 6.07) is 8.09. The summed E-state index contributed by atoms with van der Waals surface area (Å²) < 4.78 is 1.08. The minimum Gasteiger partial charge on any atom is -0.334 e. The van der Waals surface area contributed by atoms with Gasteiger partial charge in [-0.15, -0.1) is 10.2 Å². The van der Waals surface area contributed by atoms with Gasteiger partial charge in [-0.25, -0.2) is 0 Å². The van der Waals surface area contributed by atoms with E-state index in [0.29, 0.717) is 23.0 Å². The van der Waals surface area contributed by atoms with Gasteiger partial charge < -0.3 is 5.84 Å². The second-order valence-corrected chi connectivity index (χ2v) is 5.12. The molecule has 2 aromatic rings. The topological polar surface area (TPSA) is 73.8 Å². The summed E-state index contributed by atoms with van der Waals surface area (Å²) in [5, 5.41) is 8.35. The lowest BCUT2D eigenvalue weighted by Gasteiger charge is -2.08. The number of nitrogens with zero attached hydrogens (tertiary/aromatic N) is 3. The lowest BCUT2D eigenvalue weighted by atomic mass is 10.1. The summed E-state index contributed by atoms with van der Waals surface area (Å²) >= 11 is 1.41. The van der Waals surface area contributed by atoms with Gasteiger partial charge in [-0.1, -0.05) is 43.0 Å². The molecule has 19 heavy (non-hydrogen) atoms. The molecular formula is C13H16N4OS. The Kier molecular flexibility index (Phi) is 4.21. The van der Waals surface area contributed by atoms with E-state index < -0.39 is 0 Å². The summed E-state index contributed by atoms with van der Waals surface area (Å²) in [7, 11) is 0. The molecule has 0 fully saturated rings. The van der Waals surface area contributed by atoms with Crippen LogP contribution in [0.2, 0.25) is 0 Å². The maximum Gasteiger partial charge on any atom is 0.294 e. The highest BCUT2D eigenvalue weighted by Gasteiger charge is 2.09. The molecule has 1 heterocycles. The first-order valence-electron chi connectivity index (χ1n) is 6.04. The van der Waals surface area contributed by atoms with Crippen LogP contribution in [0.1, 0.15) is 23.7 Å². The molecule has 0 unspecified atom stereocenters. The highest BCUT2D eigenvalue weighted by molar-refractivity contribution is 7.98. The minimum absolute atomic E-state index is 0.273. The van der Waals surface area contributed by atoms with E-state index in [1.807, 2.05) is 19.1 Å². The third-order valence-electron chi connectivity index (χ3n) is 2.88. The van der Waals surface area contributed by atoms with Crippen molar-refractivity contribution < 1.29 is 0 Å². The molecule has 0 saturated heterocycles. The van der Waals surface area contributed by atoms with Crippen LogP contribution in [0.3, 0.4) is 0 Å². The number of thioether (sulfide) groups is 1. The fraction of sp³-hybridized carbons (Fsp3) is 0.308. The molecule has 0 saturated carbocycles. The molecule has 0 radical (unpaired) electrons. The maximum absolute atomic E-state index is 11.8. The number of nitrogens with two attached hydrogens (primary N) is 1. The number of benzene rings is 1. The zero-order chi connectivity index (χ0) is 13.8. The van der Waals surface area contributed by atoms with Gasteiger partial charge in [0, 0.05) is 5.75 Å². The van der Waals surface area contributed by atoms with Crippen molar-refractivity contribution in [2.45, 2.75) is 31.2 Å². The van der Waals surface area contributed by atoms with Gasteiger partial charge in [0.25, 0.3) is 5.56 Å². The molecule has 2 N–H and O–H groups in total.